The number of carboxylic acids is 1. The summed E-state index contributed by atoms with van der Waals surface area (Å²) in [6, 6.07) is -2.62. The summed E-state index contributed by atoms with van der Waals surface area (Å²) in [4.78, 5) is 45.2. The first-order chi connectivity index (χ1) is 11.3. The van der Waals surface area contributed by atoms with E-state index in [9.17, 15) is 24.3 Å². The van der Waals surface area contributed by atoms with Gasteiger partial charge in [-0.15, -0.1) is 0 Å². The van der Waals surface area contributed by atoms with Gasteiger partial charge in [-0.2, -0.15) is 0 Å². The van der Waals surface area contributed by atoms with Gasteiger partial charge in [-0.3, -0.25) is 9.59 Å². The maximum Gasteiger partial charge on any atom is 0.326 e. The quantitative estimate of drug-likeness (QED) is 0.238. The summed E-state index contributed by atoms with van der Waals surface area (Å²) in [5.74, 6) is -2.12. The minimum atomic E-state index is -1.19. The topological polar surface area (TPSA) is 177 Å². The largest absolute Gasteiger partial charge is 0.480 e. The van der Waals surface area contributed by atoms with E-state index in [2.05, 4.69) is 16.0 Å². The number of urea groups is 1. The van der Waals surface area contributed by atoms with E-state index < -0.39 is 30.0 Å². The Kier molecular flexibility index (Phi) is 10.9. The van der Waals surface area contributed by atoms with Crippen LogP contribution in [0.15, 0.2) is 0 Å². The van der Waals surface area contributed by atoms with Gasteiger partial charge in [0.1, 0.15) is 12.1 Å². The summed E-state index contributed by atoms with van der Waals surface area (Å²) in [7, 11) is 0. The zero-order valence-electron chi connectivity index (χ0n) is 13.8. The van der Waals surface area contributed by atoms with Crippen molar-refractivity contribution in [1.29, 1.82) is 0 Å². The maximum absolute atomic E-state index is 12.2. The number of carbonyl (C=O) groups is 4. The molecule has 10 heteroatoms. The molecular formula is C14H27N5O5. The number of carbonyl (C=O) groups excluding carboxylic acids is 3. The Balaban J connectivity index is 4.57. The van der Waals surface area contributed by atoms with E-state index >= 15 is 0 Å². The average molecular weight is 345 g/mol. The van der Waals surface area contributed by atoms with Crippen LogP contribution in [0.3, 0.4) is 0 Å². The Labute approximate surface area is 140 Å². The Morgan fingerprint density at radius 2 is 1.62 bits per heavy atom. The van der Waals surface area contributed by atoms with Crippen LogP contribution in [-0.2, 0) is 14.4 Å². The number of unbranched alkanes of at least 4 members (excludes halogenated alkanes) is 1. The van der Waals surface area contributed by atoms with E-state index in [0.717, 1.165) is 0 Å². The fourth-order valence-corrected chi connectivity index (χ4v) is 2.05. The van der Waals surface area contributed by atoms with E-state index in [1.165, 1.54) is 6.92 Å². The van der Waals surface area contributed by atoms with Gasteiger partial charge in [-0.1, -0.05) is 0 Å². The molecule has 0 aliphatic heterocycles. The number of hydrogen-bond donors (Lipinski definition) is 6. The molecule has 138 valence electrons. The van der Waals surface area contributed by atoms with Crippen LogP contribution in [-0.4, -0.2) is 54.1 Å². The molecule has 0 saturated carbocycles. The van der Waals surface area contributed by atoms with Crippen molar-refractivity contribution in [3.8, 4) is 0 Å². The van der Waals surface area contributed by atoms with Crippen LogP contribution in [0.4, 0.5) is 4.79 Å². The van der Waals surface area contributed by atoms with Crippen LogP contribution in [0.1, 0.15) is 39.0 Å². The minimum Gasteiger partial charge on any atom is -0.480 e. The van der Waals surface area contributed by atoms with E-state index in [4.69, 9.17) is 11.5 Å². The van der Waals surface area contributed by atoms with Gasteiger partial charge in [0, 0.05) is 13.5 Å². The molecule has 8 N–H and O–H groups in total. The number of nitrogens with one attached hydrogen (secondary N) is 3. The predicted octanol–water partition coefficient (Wildman–Crippen LogP) is -1.36. The summed E-state index contributed by atoms with van der Waals surface area (Å²) < 4.78 is 0. The molecule has 4 amide bonds. The van der Waals surface area contributed by atoms with Crippen molar-refractivity contribution in [2.45, 2.75) is 51.1 Å². The van der Waals surface area contributed by atoms with E-state index in [1.54, 1.807) is 0 Å². The smallest absolute Gasteiger partial charge is 0.326 e. The van der Waals surface area contributed by atoms with Crippen molar-refractivity contribution in [3.63, 3.8) is 0 Å². The van der Waals surface area contributed by atoms with E-state index in [0.29, 0.717) is 32.2 Å². The highest BCUT2D eigenvalue weighted by Crippen LogP contribution is 2.04. The van der Waals surface area contributed by atoms with Crippen LogP contribution in [0, 0.1) is 0 Å². The number of primary amides is 1. The van der Waals surface area contributed by atoms with Crippen molar-refractivity contribution in [3.05, 3.63) is 0 Å². The van der Waals surface area contributed by atoms with Crippen molar-refractivity contribution < 1.29 is 24.3 Å². The normalized spacial score (nSPS) is 12.8. The molecule has 0 aliphatic rings. The predicted molar refractivity (Wildman–Crippen MR) is 86.9 cm³/mol. The average Bonchev–Trinajstić information content (AvgIpc) is 2.48. The van der Waals surface area contributed by atoms with Crippen LogP contribution in [0.25, 0.3) is 0 Å². The SMILES string of the molecule is CC(=O)N[C@@H](CCCCN)C(=O)N[C@@H](CCCNC(N)=O)C(=O)O. The lowest BCUT2D eigenvalue weighted by atomic mass is 10.1. The maximum atomic E-state index is 12.2. The van der Waals surface area contributed by atoms with Crippen LogP contribution >= 0.6 is 0 Å². The van der Waals surface area contributed by atoms with Crippen molar-refractivity contribution in [1.82, 2.24) is 16.0 Å². The summed E-state index contributed by atoms with van der Waals surface area (Å²) >= 11 is 0. The molecule has 0 radical (unpaired) electrons. The third-order valence-corrected chi connectivity index (χ3v) is 3.22. The summed E-state index contributed by atoms with van der Waals surface area (Å²) in [6.07, 6.45) is 2.16. The summed E-state index contributed by atoms with van der Waals surface area (Å²) in [5.41, 5.74) is 10.3. The first-order valence-corrected chi connectivity index (χ1v) is 7.81. The molecule has 0 aromatic rings. The number of carboxylic acid groups (broad SMARTS) is 1. The third kappa shape index (κ3) is 10.4. The van der Waals surface area contributed by atoms with Gasteiger partial charge in [0.15, 0.2) is 0 Å². The zero-order chi connectivity index (χ0) is 18.5. The first-order valence-electron chi connectivity index (χ1n) is 7.81. The van der Waals surface area contributed by atoms with Crippen molar-refractivity contribution in [2.75, 3.05) is 13.1 Å². The molecule has 0 bridgehead atoms. The van der Waals surface area contributed by atoms with Crippen LogP contribution in [0.5, 0.6) is 0 Å². The van der Waals surface area contributed by atoms with Gasteiger partial charge < -0.3 is 32.5 Å². The highest BCUT2D eigenvalue weighted by molar-refractivity contribution is 5.89. The third-order valence-electron chi connectivity index (χ3n) is 3.22. The standard InChI is InChI=1S/C14H27N5O5/c1-9(20)18-10(5-2-3-7-15)12(21)19-11(13(22)23)6-4-8-17-14(16)24/h10-11H,2-8,15H2,1H3,(H,18,20)(H,19,21)(H,22,23)(H3,16,17,24)/t10-,11-/m0/s1. The molecule has 0 unspecified atom stereocenters. The minimum absolute atomic E-state index is 0.122. The number of amides is 4. The fourth-order valence-electron chi connectivity index (χ4n) is 2.05. The highest BCUT2D eigenvalue weighted by atomic mass is 16.4. The Hall–Kier alpha value is -2.36. The number of rotatable bonds is 12. The lowest BCUT2D eigenvalue weighted by molar-refractivity contribution is -0.142. The fraction of sp³-hybridized carbons (Fsp3) is 0.714. The van der Waals surface area contributed by atoms with Gasteiger partial charge in [-0.25, -0.2) is 9.59 Å². The molecule has 24 heavy (non-hydrogen) atoms. The monoisotopic (exact) mass is 345 g/mol. The van der Waals surface area contributed by atoms with Gasteiger partial charge >= 0.3 is 12.0 Å². The lowest BCUT2D eigenvalue weighted by Crippen LogP contribution is -2.51. The second kappa shape index (κ2) is 12.1. The second-order valence-corrected chi connectivity index (χ2v) is 5.37. The summed E-state index contributed by atoms with van der Waals surface area (Å²) in [6.45, 7) is 1.97. The van der Waals surface area contributed by atoms with Crippen molar-refractivity contribution in [2.24, 2.45) is 11.5 Å². The molecule has 0 rings (SSSR count). The molecule has 0 heterocycles. The molecule has 0 fully saturated rings. The van der Waals surface area contributed by atoms with Gasteiger partial charge in [0.05, 0.1) is 0 Å². The summed E-state index contributed by atoms with van der Waals surface area (Å²) in [5, 5.41) is 16.4. The van der Waals surface area contributed by atoms with E-state index in [-0.39, 0.29) is 18.9 Å². The first kappa shape index (κ1) is 21.6. The number of aliphatic carboxylic acids is 1. The molecule has 2 atom stereocenters. The lowest BCUT2D eigenvalue weighted by Gasteiger charge is -2.21. The second-order valence-electron chi connectivity index (χ2n) is 5.37. The zero-order valence-corrected chi connectivity index (χ0v) is 13.8. The van der Waals surface area contributed by atoms with Gasteiger partial charge in [-0.05, 0) is 38.6 Å². The molecule has 0 aliphatic carbocycles. The molecule has 0 spiro atoms. The molecule has 0 saturated heterocycles. The van der Waals surface area contributed by atoms with Gasteiger partial charge in [0.25, 0.3) is 0 Å². The Morgan fingerprint density at radius 1 is 1.00 bits per heavy atom. The Morgan fingerprint density at radius 3 is 2.12 bits per heavy atom. The van der Waals surface area contributed by atoms with E-state index in [1.807, 2.05) is 0 Å². The van der Waals surface area contributed by atoms with Gasteiger partial charge in [0.2, 0.25) is 11.8 Å². The van der Waals surface area contributed by atoms with Crippen LogP contribution in [0.2, 0.25) is 0 Å². The molecule has 0 aromatic carbocycles. The molecule has 10 nitrogen and oxygen atoms in total. The Bertz CT molecular complexity index is 443. The molecular weight excluding hydrogens is 318 g/mol. The van der Waals surface area contributed by atoms with Crippen molar-refractivity contribution >= 4 is 23.8 Å². The number of hydrogen-bond acceptors (Lipinski definition) is 5. The number of nitrogens with two attached hydrogens (primary N) is 2. The molecule has 0 aromatic heterocycles. The highest BCUT2D eigenvalue weighted by Gasteiger charge is 2.25. The van der Waals surface area contributed by atoms with Crippen LogP contribution < -0.4 is 27.4 Å².